The lowest BCUT2D eigenvalue weighted by Gasteiger charge is -2.23. The molecule has 0 saturated carbocycles. The molecular formula is C15H23NO4S. The number of rotatable bonds is 3. The van der Waals surface area contributed by atoms with Gasteiger partial charge in [-0.1, -0.05) is 6.07 Å². The number of aryl methyl sites for hydroxylation is 1. The third kappa shape index (κ3) is 3.56. The quantitative estimate of drug-likeness (QED) is 0.926. The number of nitrogens with zero attached hydrogens (tertiary/aromatic N) is 1. The fraction of sp³-hybridized carbons (Fsp3) is 0.600. The molecule has 0 spiro atoms. The second-order valence-corrected chi connectivity index (χ2v) is 7.82. The molecule has 1 fully saturated rings. The maximum atomic E-state index is 12.8. The van der Waals surface area contributed by atoms with Crippen molar-refractivity contribution < 1.29 is 18.3 Å². The average molecular weight is 313 g/mol. The van der Waals surface area contributed by atoms with Gasteiger partial charge in [-0.15, -0.1) is 0 Å². The average Bonchev–Trinajstić information content (AvgIpc) is 2.60. The van der Waals surface area contributed by atoms with Crippen molar-refractivity contribution in [2.24, 2.45) is 0 Å². The molecule has 1 N–H and O–H groups in total. The Morgan fingerprint density at radius 2 is 2.00 bits per heavy atom. The first-order chi connectivity index (χ1) is 9.76. The molecule has 0 amide bonds. The maximum Gasteiger partial charge on any atom is 0.246 e. The van der Waals surface area contributed by atoms with Crippen LogP contribution < -0.4 is 4.74 Å². The summed E-state index contributed by atoms with van der Waals surface area (Å²) >= 11 is 0. The molecule has 2 rings (SSSR count). The summed E-state index contributed by atoms with van der Waals surface area (Å²) in [5, 5.41) is 10.1. The lowest BCUT2D eigenvalue weighted by Crippen LogP contribution is -2.33. The van der Waals surface area contributed by atoms with E-state index in [0.717, 1.165) is 5.56 Å². The molecule has 0 aromatic heterocycles. The Bertz CT molecular complexity index is 610. The third-order valence-electron chi connectivity index (χ3n) is 3.96. The van der Waals surface area contributed by atoms with E-state index in [0.29, 0.717) is 38.1 Å². The van der Waals surface area contributed by atoms with Crippen LogP contribution in [0.2, 0.25) is 0 Å². The first-order valence-electron chi connectivity index (χ1n) is 7.13. The molecule has 1 heterocycles. The van der Waals surface area contributed by atoms with Crippen LogP contribution in [0.3, 0.4) is 0 Å². The minimum Gasteiger partial charge on any atom is -0.495 e. The summed E-state index contributed by atoms with van der Waals surface area (Å²) in [6.07, 6.45) is 1.71. The predicted octanol–water partition coefficient (Wildman–Crippen LogP) is 1.93. The second-order valence-electron chi connectivity index (χ2n) is 5.91. The Labute approximate surface area is 126 Å². The fourth-order valence-electron chi connectivity index (χ4n) is 2.60. The van der Waals surface area contributed by atoms with E-state index in [1.54, 1.807) is 19.1 Å². The van der Waals surface area contributed by atoms with Crippen LogP contribution in [0.15, 0.2) is 23.1 Å². The molecule has 1 aliphatic heterocycles. The smallest absolute Gasteiger partial charge is 0.246 e. The van der Waals surface area contributed by atoms with Crippen molar-refractivity contribution in [3.8, 4) is 5.75 Å². The van der Waals surface area contributed by atoms with Crippen molar-refractivity contribution in [1.29, 1.82) is 0 Å². The molecule has 0 bridgehead atoms. The molecule has 5 nitrogen and oxygen atoms in total. The zero-order chi connectivity index (χ0) is 15.7. The Kier molecular flexibility index (Phi) is 4.60. The zero-order valence-corrected chi connectivity index (χ0v) is 13.6. The van der Waals surface area contributed by atoms with E-state index in [1.165, 1.54) is 11.4 Å². The van der Waals surface area contributed by atoms with Crippen LogP contribution in [0.1, 0.15) is 31.7 Å². The molecule has 118 valence electrons. The molecule has 0 aliphatic carbocycles. The first-order valence-corrected chi connectivity index (χ1v) is 8.57. The lowest BCUT2D eigenvalue weighted by atomic mass is 9.98. The standard InChI is InChI=1S/C15H23NO4S/c1-12-5-6-13(20-3)14(11-12)21(18,19)16-9-4-7-15(2,17)8-10-16/h5-6,11,17H,4,7-10H2,1-3H3. The van der Waals surface area contributed by atoms with Crippen LogP contribution >= 0.6 is 0 Å². The molecule has 1 atom stereocenters. The van der Waals surface area contributed by atoms with Gasteiger partial charge in [-0.05, 0) is 50.8 Å². The monoisotopic (exact) mass is 313 g/mol. The lowest BCUT2D eigenvalue weighted by molar-refractivity contribution is 0.0465. The van der Waals surface area contributed by atoms with E-state index in [-0.39, 0.29) is 4.90 Å². The summed E-state index contributed by atoms with van der Waals surface area (Å²) in [6.45, 7) is 4.37. The van der Waals surface area contributed by atoms with E-state index in [2.05, 4.69) is 0 Å². The fourth-order valence-corrected chi connectivity index (χ4v) is 4.32. The Morgan fingerprint density at radius 1 is 1.29 bits per heavy atom. The SMILES string of the molecule is COc1ccc(C)cc1S(=O)(=O)N1CCCC(C)(O)CC1. The summed E-state index contributed by atoms with van der Waals surface area (Å²) in [5.41, 5.74) is 0.0808. The Morgan fingerprint density at radius 3 is 2.67 bits per heavy atom. The summed E-state index contributed by atoms with van der Waals surface area (Å²) in [7, 11) is -2.13. The van der Waals surface area contributed by atoms with Gasteiger partial charge in [-0.3, -0.25) is 0 Å². The van der Waals surface area contributed by atoms with Crippen LogP contribution in [0.4, 0.5) is 0 Å². The minimum absolute atomic E-state index is 0.201. The molecule has 1 saturated heterocycles. The van der Waals surface area contributed by atoms with Gasteiger partial charge in [0.1, 0.15) is 10.6 Å². The van der Waals surface area contributed by atoms with E-state index in [9.17, 15) is 13.5 Å². The van der Waals surface area contributed by atoms with Crippen LogP contribution in [-0.4, -0.2) is 43.6 Å². The van der Waals surface area contributed by atoms with Gasteiger partial charge in [0.15, 0.2) is 0 Å². The van der Waals surface area contributed by atoms with Crippen LogP contribution in [0.25, 0.3) is 0 Å². The van der Waals surface area contributed by atoms with Crippen molar-refractivity contribution in [2.45, 2.75) is 43.6 Å². The minimum atomic E-state index is -3.60. The van der Waals surface area contributed by atoms with Crippen molar-refractivity contribution in [1.82, 2.24) is 4.31 Å². The predicted molar refractivity (Wildman–Crippen MR) is 81.0 cm³/mol. The van der Waals surface area contributed by atoms with Gasteiger partial charge in [0.25, 0.3) is 0 Å². The largest absolute Gasteiger partial charge is 0.495 e. The van der Waals surface area contributed by atoms with Crippen LogP contribution in [0, 0.1) is 6.92 Å². The highest BCUT2D eigenvalue weighted by molar-refractivity contribution is 7.89. The zero-order valence-electron chi connectivity index (χ0n) is 12.8. The maximum absolute atomic E-state index is 12.8. The number of methoxy groups -OCH3 is 1. The van der Waals surface area contributed by atoms with Crippen molar-refractivity contribution >= 4 is 10.0 Å². The van der Waals surface area contributed by atoms with Gasteiger partial charge in [0, 0.05) is 13.1 Å². The van der Waals surface area contributed by atoms with E-state index in [4.69, 9.17) is 4.74 Å². The van der Waals surface area contributed by atoms with Crippen LogP contribution in [-0.2, 0) is 10.0 Å². The topological polar surface area (TPSA) is 66.8 Å². The molecule has 1 aromatic carbocycles. The highest BCUT2D eigenvalue weighted by Crippen LogP contribution is 2.30. The van der Waals surface area contributed by atoms with Gasteiger partial charge in [0.2, 0.25) is 10.0 Å². The molecule has 1 aliphatic rings. The van der Waals surface area contributed by atoms with E-state index < -0.39 is 15.6 Å². The summed E-state index contributed by atoms with van der Waals surface area (Å²) in [4.78, 5) is 0.201. The van der Waals surface area contributed by atoms with E-state index >= 15 is 0 Å². The van der Waals surface area contributed by atoms with Crippen molar-refractivity contribution in [3.05, 3.63) is 23.8 Å². The Hall–Kier alpha value is -1.11. The number of ether oxygens (including phenoxy) is 1. The number of hydrogen-bond acceptors (Lipinski definition) is 4. The van der Waals surface area contributed by atoms with Gasteiger partial charge < -0.3 is 9.84 Å². The second kappa shape index (κ2) is 5.94. The molecule has 6 heteroatoms. The molecule has 21 heavy (non-hydrogen) atoms. The molecule has 1 unspecified atom stereocenters. The number of benzene rings is 1. The Balaban J connectivity index is 2.36. The summed E-state index contributed by atoms with van der Waals surface area (Å²) < 4.78 is 32.3. The summed E-state index contributed by atoms with van der Waals surface area (Å²) in [6, 6.07) is 5.14. The number of hydrogen-bond donors (Lipinski definition) is 1. The summed E-state index contributed by atoms with van der Waals surface area (Å²) in [5.74, 6) is 0.358. The van der Waals surface area contributed by atoms with Crippen LogP contribution in [0.5, 0.6) is 5.75 Å². The molecular weight excluding hydrogens is 290 g/mol. The van der Waals surface area contributed by atoms with Crippen molar-refractivity contribution in [2.75, 3.05) is 20.2 Å². The first kappa shape index (κ1) is 16.3. The van der Waals surface area contributed by atoms with Gasteiger partial charge in [-0.2, -0.15) is 4.31 Å². The molecule has 0 radical (unpaired) electrons. The highest BCUT2D eigenvalue weighted by Gasteiger charge is 2.33. The number of aliphatic hydroxyl groups is 1. The third-order valence-corrected chi connectivity index (χ3v) is 5.88. The van der Waals surface area contributed by atoms with Gasteiger partial charge in [-0.25, -0.2) is 8.42 Å². The van der Waals surface area contributed by atoms with Gasteiger partial charge in [0.05, 0.1) is 12.7 Å². The number of sulfonamides is 1. The highest BCUT2D eigenvalue weighted by atomic mass is 32.2. The van der Waals surface area contributed by atoms with Gasteiger partial charge >= 0.3 is 0 Å². The van der Waals surface area contributed by atoms with Crippen molar-refractivity contribution in [3.63, 3.8) is 0 Å². The molecule has 1 aromatic rings. The normalized spacial score (nSPS) is 24.6. The van der Waals surface area contributed by atoms with E-state index in [1.807, 2.05) is 13.0 Å².